The standard InChI is InChI=1S/C18H24N4O2/c1-22-12-6-9-15(13-22)19-16(23)10-5-11-17-20-18(21-24-17)14-7-3-2-4-8-14/h2-4,7-8,15H,5-6,9-13H2,1H3,(H,19,23)/t15-/m1/s1. The Hall–Kier alpha value is -2.21. The number of carbonyl (C=O) groups is 1. The second-order valence-corrected chi connectivity index (χ2v) is 6.40. The molecule has 6 nitrogen and oxygen atoms in total. The van der Waals surface area contributed by atoms with Crippen LogP contribution in [0.4, 0.5) is 0 Å². The summed E-state index contributed by atoms with van der Waals surface area (Å²) < 4.78 is 5.27. The molecule has 2 aromatic rings. The Balaban J connectivity index is 1.42. The maximum Gasteiger partial charge on any atom is 0.226 e. The Kier molecular flexibility index (Phi) is 5.59. The van der Waals surface area contributed by atoms with E-state index in [2.05, 4.69) is 27.4 Å². The van der Waals surface area contributed by atoms with E-state index in [4.69, 9.17) is 4.52 Å². The van der Waals surface area contributed by atoms with Crippen molar-refractivity contribution < 1.29 is 9.32 Å². The summed E-state index contributed by atoms with van der Waals surface area (Å²) in [4.78, 5) is 18.7. The van der Waals surface area contributed by atoms with Gasteiger partial charge in [-0.1, -0.05) is 35.5 Å². The lowest BCUT2D eigenvalue weighted by Crippen LogP contribution is -2.46. The Morgan fingerprint density at radius 1 is 1.38 bits per heavy atom. The molecule has 1 amide bonds. The van der Waals surface area contributed by atoms with Gasteiger partial charge in [-0.25, -0.2) is 0 Å². The highest BCUT2D eigenvalue weighted by Gasteiger charge is 2.18. The molecule has 1 aliphatic heterocycles. The number of benzene rings is 1. The zero-order valence-corrected chi connectivity index (χ0v) is 14.1. The number of likely N-dealkylation sites (tertiary alicyclic amines) is 1. The molecule has 0 radical (unpaired) electrons. The van der Waals surface area contributed by atoms with Gasteiger partial charge >= 0.3 is 0 Å². The third-order valence-electron chi connectivity index (χ3n) is 4.28. The summed E-state index contributed by atoms with van der Waals surface area (Å²) in [6.45, 7) is 2.06. The number of rotatable bonds is 6. The van der Waals surface area contributed by atoms with Crippen LogP contribution in [0.3, 0.4) is 0 Å². The van der Waals surface area contributed by atoms with E-state index in [1.807, 2.05) is 30.3 Å². The molecule has 0 saturated carbocycles. The molecule has 1 N–H and O–H groups in total. The third kappa shape index (κ3) is 4.64. The first-order chi connectivity index (χ1) is 11.7. The maximum absolute atomic E-state index is 12.0. The number of likely N-dealkylation sites (N-methyl/N-ethyl adjacent to an activating group) is 1. The van der Waals surface area contributed by atoms with Crippen molar-refractivity contribution in [1.29, 1.82) is 0 Å². The van der Waals surface area contributed by atoms with Gasteiger partial charge in [0.25, 0.3) is 0 Å². The Morgan fingerprint density at radius 2 is 2.21 bits per heavy atom. The molecule has 1 aromatic carbocycles. The normalized spacial score (nSPS) is 18.5. The molecular weight excluding hydrogens is 304 g/mol. The summed E-state index contributed by atoms with van der Waals surface area (Å²) in [7, 11) is 2.10. The van der Waals surface area contributed by atoms with Crippen LogP contribution in [-0.4, -0.2) is 47.1 Å². The van der Waals surface area contributed by atoms with Crippen molar-refractivity contribution >= 4 is 5.91 Å². The fourth-order valence-electron chi connectivity index (χ4n) is 3.05. The van der Waals surface area contributed by atoms with Gasteiger partial charge < -0.3 is 14.7 Å². The van der Waals surface area contributed by atoms with Crippen LogP contribution in [0, 0.1) is 0 Å². The van der Waals surface area contributed by atoms with Crippen LogP contribution < -0.4 is 5.32 Å². The third-order valence-corrected chi connectivity index (χ3v) is 4.28. The Morgan fingerprint density at radius 3 is 3.00 bits per heavy atom. The minimum absolute atomic E-state index is 0.109. The van der Waals surface area contributed by atoms with Crippen molar-refractivity contribution in [1.82, 2.24) is 20.4 Å². The van der Waals surface area contributed by atoms with Crippen LogP contribution >= 0.6 is 0 Å². The van der Waals surface area contributed by atoms with Crippen molar-refractivity contribution in [2.75, 3.05) is 20.1 Å². The number of carbonyl (C=O) groups excluding carboxylic acids is 1. The second-order valence-electron chi connectivity index (χ2n) is 6.40. The van der Waals surface area contributed by atoms with Crippen LogP contribution in [0.15, 0.2) is 34.9 Å². The first-order valence-electron chi connectivity index (χ1n) is 8.56. The lowest BCUT2D eigenvalue weighted by molar-refractivity contribution is -0.122. The smallest absolute Gasteiger partial charge is 0.226 e. The molecule has 1 atom stereocenters. The van der Waals surface area contributed by atoms with E-state index >= 15 is 0 Å². The molecule has 6 heteroatoms. The summed E-state index contributed by atoms with van der Waals surface area (Å²) in [5.41, 5.74) is 0.937. The van der Waals surface area contributed by atoms with Crippen LogP contribution in [0.2, 0.25) is 0 Å². The Labute approximate surface area is 142 Å². The van der Waals surface area contributed by atoms with Crippen molar-refractivity contribution in [2.24, 2.45) is 0 Å². The molecule has 0 bridgehead atoms. The Bertz CT molecular complexity index is 656. The number of piperidine rings is 1. The summed E-state index contributed by atoms with van der Waals surface area (Å²) in [5.74, 6) is 1.29. The van der Waals surface area contributed by atoms with E-state index in [9.17, 15) is 4.79 Å². The average Bonchev–Trinajstić information content (AvgIpc) is 3.04. The predicted octanol–water partition coefficient (Wildman–Crippen LogP) is 2.27. The van der Waals surface area contributed by atoms with E-state index in [1.54, 1.807) is 0 Å². The molecule has 1 aliphatic rings. The molecule has 1 saturated heterocycles. The van der Waals surface area contributed by atoms with E-state index in [0.717, 1.165) is 31.5 Å². The summed E-state index contributed by atoms with van der Waals surface area (Å²) in [5, 5.41) is 7.11. The summed E-state index contributed by atoms with van der Waals surface area (Å²) in [6.07, 6.45) is 4.04. The van der Waals surface area contributed by atoms with Crippen LogP contribution in [0.25, 0.3) is 11.4 Å². The van der Waals surface area contributed by atoms with Gasteiger partial charge in [-0.3, -0.25) is 4.79 Å². The number of hydrogen-bond acceptors (Lipinski definition) is 5. The molecule has 0 spiro atoms. The SMILES string of the molecule is CN1CCC[C@@H](NC(=O)CCCc2nc(-c3ccccc3)no2)C1. The van der Waals surface area contributed by atoms with Gasteiger partial charge in [0, 0.05) is 31.0 Å². The second kappa shape index (κ2) is 8.06. The van der Waals surface area contributed by atoms with Crippen molar-refractivity contribution in [2.45, 2.75) is 38.1 Å². The minimum atomic E-state index is 0.109. The van der Waals surface area contributed by atoms with Gasteiger partial charge in [0.15, 0.2) is 0 Å². The highest BCUT2D eigenvalue weighted by Crippen LogP contribution is 2.15. The maximum atomic E-state index is 12.0. The van der Waals surface area contributed by atoms with Crippen LogP contribution in [0.1, 0.15) is 31.6 Å². The highest BCUT2D eigenvalue weighted by atomic mass is 16.5. The number of amides is 1. The number of hydrogen-bond donors (Lipinski definition) is 1. The monoisotopic (exact) mass is 328 g/mol. The van der Waals surface area contributed by atoms with Crippen molar-refractivity contribution in [3.05, 3.63) is 36.2 Å². The first kappa shape index (κ1) is 16.6. The molecule has 0 unspecified atom stereocenters. The van der Waals surface area contributed by atoms with Gasteiger partial charge in [-0.15, -0.1) is 0 Å². The molecule has 1 aromatic heterocycles. The molecule has 1 fully saturated rings. The molecular formula is C18H24N4O2. The zero-order chi connectivity index (χ0) is 16.8. The molecule has 128 valence electrons. The van der Waals surface area contributed by atoms with Crippen molar-refractivity contribution in [3.8, 4) is 11.4 Å². The molecule has 24 heavy (non-hydrogen) atoms. The highest BCUT2D eigenvalue weighted by molar-refractivity contribution is 5.76. The number of aromatic nitrogens is 2. The van der Waals surface area contributed by atoms with E-state index in [0.29, 0.717) is 31.0 Å². The fourth-order valence-corrected chi connectivity index (χ4v) is 3.05. The van der Waals surface area contributed by atoms with Gasteiger partial charge in [0.05, 0.1) is 0 Å². The number of nitrogens with one attached hydrogen (secondary N) is 1. The zero-order valence-electron chi connectivity index (χ0n) is 14.1. The summed E-state index contributed by atoms with van der Waals surface area (Å²) in [6, 6.07) is 10.0. The van der Waals surface area contributed by atoms with E-state index < -0.39 is 0 Å². The average molecular weight is 328 g/mol. The molecule has 3 rings (SSSR count). The summed E-state index contributed by atoms with van der Waals surface area (Å²) >= 11 is 0. The lowest BCUT2D eigenvalue weighted by Gasteiger charge is -2.30. The predicted molar refractivity (Wildman–Crippen MR) is 91.3 cm³/mol. The molecule has 2 heterocycles. The molecule has 0 aliphatic carbocycles. The fraction of sp³-hybridized carbons (Fsp3) is 0.500. The first-order valence-corrected chi connectivity index (χ1v) is 8.56. The lowest BCUT2D eigenvalue weighted by atomic mass is 10.1. The van der Waals surface area contributed by atoms with E-state index in [1.165, 1.54) is 0 Å². The largest absolute Gasteiger partial charge is 0.352 e. The topological polar surface area (TPSA) is 71.3 Å². The van der Waals surface area contributed by atoms with Gasteiger partial charge in [-0.05, 0) is 32.9 Å². The van der Waals surface area contributed by atoms with Crippen LogP contribution in [0.5, 0.6) is 0 Å². The van der Waals surface area contributed by atoms with Crippen molar-refractivity contribution in [3.63, 3.8) is 0 Å². The minimum Gasteiger partial charge on any atom is -0.352 e. The van der Waals surface area contributed by atoms with Gasteiger partial charge in [0.2, 0.25) is 17.6 Å². The van der Waals surface area contributed by atoms with E-state index in [-0.39, 0.29) is 11.9 Å². The number of nitrogens with zero attached hydrogens (tertiary/aromatic N) is 3. The number of aryl methyl sites for hydroxylation is 1. The van der Waals surface area contributed by atoms with Crippen LogP contribution in [-0.2, 0) is 11.2 Å². The van der Waals surface area contributed by atoms with Gasteiger partial charge in [-0.2, -0.15) is 4.98 Å². The van der Waals surface area contributed by atoms with Gasteiger partial charge in [0.1, 0.15) is 0 Å². The quantitative estimate of drug-likeness (QED) is 0.881.